The summed E-state index contributed by atoms with van der Waals surface area (Å²) in [6.07, 6.45) is 0. The van der Waals surface area contributed by atoms with Crippen LogP contribution in [-0.4, -0.2) is 20.7 Å². The quantitative estimate of drug-likeness (QED) is 0.407. The van der Waals surface area contributed by atoms with Crippen molar-refractivity contribution in [1.82, 2.24) is 20.1 Å². The lowest BCUT2D eigenvalue weighted by atomic mass is 10.0. The topological polar surface area (TPSA) is 59.8 Å². The zero-order chi connectivity index (χ0) is 21.8. The van der Waals surface area contributed by atoms with Gasteiger partial charge in [-0.15, -0.1) is 10.2 Å². The molecule has 0 spiro atoms. The molecule has 9 heteroatoms. The molecule has 2 aromatic carbocycles. The zero-order valence-corrected chi connectivity index (χ0v) is 19.8. The summed E-state index contributed by atoms with van der Waals surface area (Å²) in [6, 6.07) is 12.2. The third-order valence-corrected chi connectivity index (χ3v) is 6.73. The Morgan fingerprint density at radius 1 is 1.07 bits per heavy atom. The van der Waals surface area contributed by atoms with Gasteiger partial charge in [0.25, 0.3) is 5.91 Å². The van der Waals surface area contributed by atoms with Gasteiger partial charge in [0, 0.05) is 12.8 Å². The van der Waals surface area contributed by atoms with Crippen LogP contribution in [0.4, 0.5) is 0 Å². The number of carbonyl (C=O) groups excluding carboxylic acids is 1. The fraction of sp³-hybridized carbons (Fsp3) is 0.286. The molecule has 1 aromatic heterocycles. The van der Waals surface area contributed by atoms with E-state index in [-0.39, 0.29) is 17.9 Å². The van der Waals surface area contributed by atoms with Crippen molar-refractivity contribution in [3.05, 3.63) is 74.5 Å². The van der Waals surface area contributed by atoms with Gasteiger partial charge in [0.1, 0.15) is 0 Å². The smallest absolute Gasteiger partial charge is 0.253 e. The van der Waals surface area contributed by atoms with Gasteiger partial charge >= 0.3 is 0 Å². The second-order valence-electron chi connectivity index (χ2n) is 7.11. The molecule has 0 aliphatic heterocycles. The van der Waals surface area contributed by atoms with E-state index in [9.17, 15) is 4.79 Å². The second kappa shape index (κ2) is 10.1. The monoisotopic (exact) mass is 482 g/mol. The third kappa shape index (κ3) is 5.30. The molecular formula is C21H21Cl3N4OS. The minimum atomic E-state index is -0.314. The van der Waals surface area contributed by atoms with Crippen LogP contribution in [-0.2, 0) is 12.8 Å². The number of amides is 1. The van der Waals surface area contributed by atoms with Gasteiger partial charge in [-0.1, -0.05) is 78.6 Å². The van der Waals surface area contributed by atoms with Crippen molar-refractivity contribution in [3.63, 3.8) is 0 Å². The van der Waals surface area contributed by atoms with Crippen molar-refractivity contribution in [1.29, 1.82) is 0 Å². The summed E-state index contributed by atoms with van der Waals surface area (Å²) in [6.45, 7) is 4.05. The number of benzene rings is 2. The number of nitrogens with one attached hydrogen (secondary N) is 1. The Balaban J connectivity index is 1.76. The summed E-state index contributed by atoms with van der Waals surface area (Å²) in [4.78, 5) is 12.8. The largest absolute Gasteiger partial charge is 0.342 e. The van der Waals surface area contributed by atoms with E-state index in [1.807, 2.05) is 37.6 Å². The number of thioether (sulfide) groups is 1. The first-order valence-electron chi connectivity index (χ1n) is 9.29. The van der Waals surface area contributed by atoms with Crippen molar-refractivity contribution in [2.24, 2.45) is 13.0 Å². The molecule has 1 heterocycles. The van der Waals surface area contributed by atoms with Gasteiger partial charge in [0.15, 0.2) is 11.0 Å². The predicted octanol–water partition coefficient (Wildman–Crippen LogP) is 6.19. The highest BCUT2D eigenvalue weighted by Crippen LogP contribution is 2.29. The molecule has 0 fully saturated rings. The third-order valence-electron chi connectivity index (χ3n) is 4.57. The lowest BCUT2D eigenvalue weighted by molar-refractivity contribution is 0.0922. The molecule has 1 amide bonds. The minimum absolute atomic E-state index is 0.104. The SMILES string of the molecule is CC(C)C(NC(=O)c1ccccc1Cl)c1nnc(SCc2ccc(Cl)c(Cl)c2)n1C. The number of hydrogen-bond acceptors (Lipinski definition) is 4. The highest BCUT2D eigenvalue weighted by molar-refractivity contribution is 7.98. The van der Waals surface area contributed by atoms with Crippen molar-refractivity contribution >= 4 is 52.5 Å². The van der Waals surface area contributed by atoms with Gasteiger partial charge in [-0.25, -0.2) is 0 Å². The van der Waals surface area contributed by atoms with Crippen molar-refractivity contribution in [3.8, 4) is 0 Å². The number of rotatable bonds is 7. The number of aromatic nitrogens is 3. The summed E-state index contributed by atoms with van der Waals surface area (Å²) < 4.78 is 1.90. The average molecular weight is 484 g/mol. The molecule has 158 valence electrons. The fourth-order valence-corrected chi connectivity index (χ4v) is 4.30. The van der Waals surface area contributed by atoms with Crippen LogP contribution in [0.1, 0.15) is 41.6 Å². The van der Waals surface area contributed by atoms with Gasteiger partial charge in [-0.2, -0.15) is 0 Å². The zero-order valence-electron chi connectivity index (χ0n) is 16.7. The van der Waals surface area contributed by atoms with Crippen LogP contribution >= 0.6 is 46.6 Å². The average Bonchev–Trinajstić information content (AvgIpc) is 3.07. The summed E-state index contributed by atoms with van der Waals surface area (Å²) in [5.41, 5.74) is 1.47. The molecule has 1 atom stereocenters. The van der Waals surface area contributed by atoms with E-state index in [4.69, 9.17) is 34.8 Å². The van der Waals surface area contributed by atoms with Crippen LogP contribution in [0.25, 0.3) is 0 Å². The molecule has 1 unspecified atom stereocenters. The molecule has 1 N–H and O–H groups in total. The van der Waals surface area contributed by atoms with Crippen LogP contribution in [0.15, 0.2) is 47.6 Å². The summed E-state index contributed by atoms with van der Waals surface area (Å²) in [5.74, 6) is 1.21. The van der Waals surface area contributed by atoms with Gasteiger partial charge < -0.3 is 9.88 Å². The molecule has 0 bridgehead atoms. The minimum Gasteiger partial charge on any atom is -0.342 e. The number of carbonyl (C=O) groups is 1. The van der Waals surface area contributed by atoms with Crippen molar-refractivity contribution < 1.29 is 4.79 Å². The van der Waals surface area contributed by atoms with E-state index in [1.165, 1.54) is 11.8 Å². The van der Waals surface area contributed by atoms with E-state index in [2.05, 4.69) is 15.5 Å². The van der Waals surface area contributed by atoms with E-state index >= 15 is 0 Å². The van der Waals surface area contributed by atoms with Gasteiger partial charge in [0.05, 0.1) is 26.7 Å². The van der Waals surface area contributed by atoms with E-state index < -0.39 is 0 Å². The first-order chi connectivity index (χ1) is 14.3. The van der Waals surface area contributed by atoms with E-state index in [1.54, 1.807) is 30.3 Å². The molecule has 0 saturated heterocycles. The second-order valence-corrected chi connectivity index (χ2v) is 9.28. The molecule has 30 heavy (non-hydrogen) atoms. The van der Waals surface area contributed by atoms with Gasteiger partial charge in [-0.3, -0.25) is 4.79 Å². The highest BCUT2D eigenvalue weighted by Gasteiger charge is 2.25. The van der Waals surface area contributed by atoms with Crippen molar-refractivity contribution in [2.75, 3.05) is 0 Å². The van der Waals surface area contributed by atoms with Crippen LogP contribution in [0.2, 0.25) is 15.1 Å². The molecular weight excluding hydrogens is 463 g/mol. The van der Waals surface area contributed by atoms with Gasteiger partial charge in [0.2, 0.25) is 0 Å². The molecule has 0 aliphatic carbocycles. The predicted molar refractivity (Wildman–Crippen MR) is 124 cm³/mol. The maximum Gasteiger partial charge on any atom is 0.253 e. The normalized spacial score (nSPS) is 12.2. The van der Waals surface area contributed by atoms with Gasteiger partial charge in [-0.05, 0) is 35.7 Å². The fourth-order valence-electron chi connectivity index (χ4n) is 2.89. The standard InChI is InChI=1S/C21H21Cl3N4OS/c1-12(2)18(25-20(29)14-6-4-5-7-15(14)22)19-26-27-21(28(19)3)30-11-13-8-9-16(23)17(24)10-13/h4-10,12,18H,11H2,1-3H3,(H,25,29). The molecule has 3 aromatic rings. The number of nitrogens with zero attached hydrogens (tertiary/aromatic N) is 3. The number of halogens is 3. The lowest BCUT2D eigenvalue weighted by Crippen LogP contribution is -2.33. The Morgan fingerprint density at radius 2 is 1.80 bits per heavy atom. The Bertz CT molecular complexity index is 1050. The summed E-state index contributed by atoms with van der Waals surface area (Å²) in [5, 5.41) is 13.9. The maximum atomic E-state index is 12.8. The number of hydrogen-bond donors (Lipinski definition) is 1. The van der Waals surface area contributed by atoms with Crippen LogP contribution in [0.3, 0.4) is 0 Å². The summed E-state index contributed by atoms with van der Waals surface area (Å²) in [7, 11) is 1.89. The van der Waals surface area contributed by atoms with E-state index in [0.29, 0.717) is 32.2 Å². The molecule has 0 aliphatic rings. The lowest BCUT2D eigenvalue weighted by Gasteiger charge is -2.22. The van der Waals surface area contributed by atoms with Crippen LogP contribution < -0.4 is 5.32 Å². The van der Waals surface area contributed by atoms with Crippen molar-refractivity contribution in [2.45, 2.75) is 30.8 Å². The first-order valence-corrected chi connectivity index (χ1v) is 11.4. The molecule has 5 nitrogen and oxygen atoms in total. The van der Waals surface area contributed by atoms with Crippen LogP contribution in [0, 0.1) is 5.92 Å². The Labute approximate surface area is 195 Å². The summed E-state index contributed by atoms with van der Waals surface area (Å²) >= 11 is 19.8. The Morgan fingerprint density at radius 3 is 2.47 bits per heavy atom. The maximum absolute atomic E-state index is 12.8. The highest BCUT2D eigenvalue weighted by atomic mass is 35.5. The molecule has 0 radical (unpaired) electrons. The Hall–Kier alpha value is -1.73. The van der Waals surface area contributed by atoms with Crippen LogP contribution in [0.5, 0.6) is 0 Å². The molecule has 0 saturated carbocycles. The molecule has 3 rings (SSSR count). The first kappa shape index (κ1) is 22.9. The van der Waals surface area contributed by atoms with E-state index in [0.717, 1.165) is 10.7 Å². The Kier molecular flexibility index (Phi) is 7.69.